The number of amides is 1. The van der Waals surface area contributed by atoms with Gasteiger partial charge in [0.15, 0.2) is 11.5 Å². The molecule has 1 heterocycles. The van der Waals surface area contributed by atoms with Gasteiger partial charge in [-0.05, 0) is 23.8 Å². The first-order valence-corrected chi connectivity index (χ1v) is 6.92. The predicted octanol–water partition coefficient (Wildman–Crippen LogP) is 3.23. The van der Waals surface area contributed by atoms with E-state index in [2.05, 4.69) is 5.43 Å². The van der Waals surface area contributed by atoms with Crippen LogP contribution in [0.2, 0.25) is 0 Å². The van der Waals surface area contributed by atoms with Crippen molar-refractivity contribution in [1.29, 1.82) is 0 Å². The molecule has 22 heavy (non-hydrogen) atoms. The van der Waals surface area contributed by atoms with Crippen molar-refractivity contribution in [2.75, 3.05) is 18.7 Å². The molecule has 5 heteroatoms. The number of anilines is 1. The van der Waals surface area contributed by atoms with E-state index in [4.69, 9.17) is 9.47 Å². The predicted molar refractivity (Wildman–Crippen MR) is 85.0 cm³/mol. The monoisotopic (exact) mass is 296 g/mol. The van der Waals surface area contributed by atoms with E-state index in [1.54, 1.807) is 23.2 Å². The van der Waals surface area contributed by atoms with E-state index in [1.165, 1.54) is 7.11 Å². The first-order valence-electron chi connectivity index (χ1n) is 6.92. The van der Waals surface area contributed by atoms with Gasteiger partial charge in [-0.25, -0.2) is 10.2 Å². The van der Waals surface area contributed by atoms with Crippen LogP contribution in [-0.2, 0) is 0 Å². The van der Waals surface area contributed by atoms with E-state index >= 15 is 0 Å². The Labute approximate surface area is 128 Å². The number of hydrazine groups is 1. The van der Waals surface area contributed by atoms with Gasteiger partial charge in [-0.3, -0.25) is 5.01 Å². The highest BCUT2D eigenvalue weighted by molar-refractivity contribution is 5.77. The number of rotatable bonds is 3. The molecule has 0 aromatic heterocycles. The van der Waals surface area contributed by atoms with Gasteiger partial charge in [0.2, 0.25) is 0 Å². The summed E-state index contributed by atoms with van der Waals surface area (Å²) in [5, 5.41) is 1.74. The fraction of sp³-hybridized carbons (Fsp3) is 0.118. The zero-order chi connectivity index (χ0) is 15.4. The zero-order valence-electron chi connectivity index (χ0n) is 12.2. The standard InChI is InChI=1S/C17H16N2O3/c1-21-15-10-4-5-11-16(15)22-17(20)18-19-12-6-8-13-7-2-3-9-14(13)19/h2-11H,12H2,1H3,(H,18,20). The summed E-state index contributed by atoms with van der Waals surface area (Å²) in [6.45, 7) is 0.581. The molecule has 112 valence electrons. The molecule has 0 fully saturated rings. The molecule has 2 aromatic carbocycles. The molecule has 1 N–H and O–H groups in total. The second-order valence-corrected chi connectivity index (χ2v) is 4.72. The Bertz CT molecular complexity index is 713. The van der Waals surface area contributed by atoms with Crippen molar-refractivity contribution in [2.24, 2.45) is 0 Å². The minimum absolute atomic E-state index is 0.378. The van der Waals surface area contributed by atoms with Crippen LogP contribution in [0.15, 0.2) is 54.6 Å². The second kappa shape index (κ2) is 6.22. The molecule has 1 aliphatic rings. The molecule has 2 aromatic rings. The lowest BCUT2D eigenvalue weighted by atomic mass is 10.1. The molecule has 0 aliphatic carbocycles. The average Bonchev–Trinajstić information content (AvgIpc) is 2.55. The Morgan fingerprint density at radius 2 is 1.82 bits per heavy atom. The van der Waals surface area contributed by atoms with Crippen molar-refractivity contribution in [3.05, 3.63) is 60.2 Å². The number of hydrogen-bond donors (Lipinski definition) is 1. The summed E-state index contributed by atoms with van der Waals surface area (Å²) in [7, 11) is 1.53. The maximum Gasteiger partial charge on any atom is 0.431 e. The molecule has 0 unspecified atom stereocenters. The Morgan fingerprint density at radius 1 is 1.09 bits per heavy atom. The van der Waals surface area contributed by atoms with Crippen LogP contribution in [0.3, 0.4) is 0 Å². The van der Waals surface area contributed by atoms with E-state index in [9.17, 15) is 4.79 Å². The highest BCUT2D eigenvalue weighted by atomic mass is 16.6. The first kappa shape index (κ1) is 14.0. The number of carbonyl (C=O) groups is 1. The molecule has 0 spiro atoms. The fourth-order valence-electron chi connectivity index (χ4n) is 2.30. The Kier molecular flexibility index (Phi) is 3.96. The van der Waals surface area contributed by atoms with Crippen molar-refractivity contribution in [1.82, 2.24) is 5.43 Å². The van der Waals surface area contributed by atoms with E-state index in [0.717, 1.165) is 11.3 Å². The third kappa shape index (κ3) is 2.88. The van der Waals surface area contributed by atoms with Crippen molar-refractivity contribution in [3.63, 3.8) is 0 Å². The van der Waals surface area contributed by atoms with E-state index in [1.807, 2.05) is 42.5 Å². The van der Waals surface area contributed by atoms with Crippen molar-refractivity contribution >= 4 is 17.9 Å². The number of benzene rings is 2. The highest BCUT2D eigenvalue weighted by Gasteiger charge is 2.16. The lowest BCUT2D eigenvalue weighted by Gasteiger charge is -2.27. The Morgan fingerprint density at radius 3 is 2.64 bits per heavy atom. The average molecular weight is 296 g/mol. The Hall–Kier alpha value is -2.95. The number of ether oxygens (including phenoxy) is 2. The van der Waals surface area contributed by atoms with E-state index in [0.29, 0.717) is 18.0 Å². The number of methoxy groups -OCH3 is 1. The zero-order valence-corrected chi connectivity index (χ0v) is 12.2. The van der Waals surface area contributed by atoms with Gasteiger partial charge in [0.05, 0.1) is 19.3 Å². The Balaban J connectivity index is 1.71. The van der Waals surface area contributed by atoms with Crippen LogP contribution in [0.1, 0.15) is 5.56 Å². The lowest BCUT2D eigenvalue weighted by molar-refractivity contribution is 0.197. The van der Waals surface area contributed by atoms with Gasteiger partial charge in [0.25, 0.3) is 0 Å². The minimum Gasteiger partial charge on any atom is -0.493 e. The third-order valence-corrected chi connectivity index (χ3v) is 3.31. The summed E-state index contributed by atoms with van der Waals surface area (Å²) in [4.78, 5) is 12.1. The van der Waals surface area contributed by atoms with Gasteiger partial charge in [0, 0.05) is 0 Å². The number of carbonyl (C=O) groups excluding carboxylic acids is 1. The number of para-hydroxylation sites is 3. The molecule has 1 aliphatic heterocycles. The third-order valence-electron chi connectivity index (χ3n) is 3.31. The number of nitrogens with zero attached hydrogens (tertiary/aromatic N) is 1. The van der Waals surface area contributed by atoms with Crippen molar-refractivity contribution in [3.8, 4) is 11.5 Å². The van der Waals surface area contributed by atoms with E-state index < -0.39 is 6.09 Å². The van der Waals surface area contributed by atoms with Crippen LogP contribution < -0.4 is 19.9 Å². The molecule has 3 rings (SSSR count). The van der Waals surface area contributed by atoms with Crippen molar-refractivity contribution in [2.45, 2.75) is 0 Å². The molecule has 0 atom stereocenters. The quantitative estimate of drug-likeness (QED) is 0.944. The topological polar surface area (TPSA) is 50.8 Å². The van der Waals surface area contributed by atoms with Gasteiger partial charge >= 0.3 is 6.09 Å². The molecule has 0 saturated heterocycles. The molecular weight excluding hydrogens is 280 g/mol. The number of hydrogen-bond acceptors (Lipinski definition) is 4. The fourth-order valence-corrected chi connectivity index (χ4v) is 2.30. The van der Waals surface area contributed by atoms with Gasteiger partial charge in [-0.15, -0.1) is 0 Å². The molecule has 0 saturated carbocycles. The summed E-state index contributed by atoms with van der Waals surface area (Å²) in [5.74, 6) is 0.889. The molecule has 0 bridgehead atoms. The van der Waals surface area contributed by atoms with Crippen molar-refractivity contribution < 1.29 is 14.3 Å². The summed E-state index contributed by atoms with van der Waals surface area (Å²) in [5.41, 5.74) is 4.72. The van der Waals surface area contributed by atoms with Gasteiger partial charge in [0.1, 0.15) is 0 Å². The summed E-state index contributed by atoms with van der Waals surface area (Å²) < 4.78 is 10.5. The molecule has 0 radical (unpaired) electrons. The highest BCUT2D eigenvalue weighted by Crippen LogP contribution is 2.27. The molecular formula is C17H16N2O3. The normalized spacial score (nSPS) is 12.5. The van der Waals surface area contributed by atoms with Crippen LogP contribution in [0.25, 0.3) is 6.08 Å². The minimum atomic E-state index is -0.561. The number of nitrogens with one attached hydrogen (secondary N) is 1. The van der Waals surface area contributed by atoms with Crippen LogP contribution in [-0.4, -0.2) is 19.7 Å². The smallest absolute Gasteiger partial charge is 0.431 e. The van der Waals surface area contributed by atoms with Crippen LogP contribution in [0.5, 0.6) is 11.5 Å². The second-order valence-electron chi connectivity index (χ2n) is 4.72. The van der Waals surface area contributed by atoms with Crippen LogP contribution in [0.4, 0.5) is 10.5 Å². The largest absolute Gasteiger partial charge is 0.493 e. The molecule has 5 nitrogen and oxygen atoms in total. The first-order chi connectivity index (χ1) is 10.8. The van der Waals surface area contributed by atoms with Gasteiger partial charge in [-0.1, -0.05) is 42.5 Å². The summed E-state index contributed by atoms with van der Waals surface area (Å²) in [6.07, 6.45) is 3.44. The van der Waals surface area contributed by atoms with Gasteiger partial charge < -0.3 is 9.47 Å². The maximum absolute atomic E-state index is 12.1. The summed E-state index contributed by atoms with van der Waals surface area (Å²) in [6, 6.07) is 14.8. The number of fused-ring (bicyclic) bond motifs is 1. The maximum atomic E-state index is 12.1. The van der Waals surface area contributed by atoms with Crippen LogP contribution >= 0.6 is 0 Å². The SMILES string of the molecule is COc1ccccc1OC(=O)NN1CC=Cc2ccccc21. The lowest BCUT2D eigenvalue weighted by Crippen LogP contribution is -2.45. The summed E-state index contributed by atoms with van der Waals surface area (Å²) >= 11 is 0. The van der Waals surface area contributed by atoms with Crippen LogP contribution in [0, 0.1) is 0 Å². The van der Waals surface area contributed by atoms with E-state index in [-0.39, 0.29) is 0 Å². The van der Waals surface area contributed by atoms with Gasteiger partial charge in [-0.2, -0.15) is 0 Å². The molecule has 1 amide bonds.